The van der Waals surface area contributed by atoms with E-state index in [1.807, 2.05) is 32.0 Å². The van der Waals surface area contributed by atoms with Gasteiger partial charge in [-0.05, 0) is 73.7 Å². The van der Waals surface area contributed by atoms with Crippen LogP contribution in [-0.4, -0.2) is 48.1 Å². The van der Waals surface area contributed by atoms with E-state index in [4.69, 9.17) is 4.74 Å². The first-order valence-corrected chi connectivity index (χ1v) is 10.8. The zero-order chi connectivity index (χ0) is 23.4. The van der Waals surface area contributed by atoms with Gasteiger partial charge >= 0.3 is 0 Å². The summed E-state index contributed by atoms with van der Waals surface area (Å²) in [7, 11) is 0. The summed E-state index contributed by atoms with van der Waals surface area (Å²) in [6.45, 7) is 10.2. The molecule has 2 heterocycles. The molecule has 0 saturated carbocycles. The van der Waals surface area contributed by atoms with Crippen LogP contribution >= 0.6 is 0 Å². The summed E-state index contributed by atoms with van der Waals surface area (Å²) in [5.41, 5.74) is 4.81. The Morgan fingerprint density at radius 2 is 1.97 bits per heavy atom. The largest absolute Gasteiger partial charge is 0.384 e. The van der Waals surface area contributed by atoms with Crippen molar-refractivity contribution in [3.05, 3.63) is 77.5 Å². The number of rotatable bonds is 6. The fourth-order valence-corrected chi connectivity index (χ4v) is 3.93. The number of nitrogens with zero attached hydrogens (tertiary/aromatic N) is 4. The third kappa shape index (κ3) is 4.84. The molecule has 2 aromatic carbocycles. The number of halogens is 1. The van der Waals surface area contributed by atoms with Crippen LogP contribution in [0.5, 0.6) is 0 Å². The number of hydrogen-bond donors (Lipinski definition) is 1. The molecular formula is C26H27FN4O2. The van der Waals surface area contributed by atoms with E-state index in [1.165, 1.54) is 12.4 Å². The molecule has 7 heteroatoms. The summed E-state index contributed by atoms with van der Waals surface area (Å²) >= 11 is 0. The number of benzene rings is 2. The third-order valence-corrected chi connectivity index (χ3v) is 6.02. The van der Waals surface area contributed by atoms with Crippen LogP contribution in [0.15, 0.2) is 71.1 Å². The monoisotopic (exact) mass is 446 g/mol. The number of fused-ring (bicyclic) bond motifs is 1. The van der Waals surface area contributed by atoms with Crippen LogP contribution in [0.4, 0.5) is 10.1 Å². The molecule has 0 spiro atoms. The second-order valence-corrected chi connectivity index (χ2v) is 8.03. The second-order valence-electron chi connectivity index (χ2n) is 8.03. The average molecular weight is 447 g/mol. The maximum atomic E-state index is 14.9. The van der Waals surface area contributed by atoms with Gasteiger partial charge in [0.2, 0.25) is 0 Å². The summed E-state index contributed by atoms with van der Waals surface area (Å²) in [5.74, 6) is -0.405. The van der Waals surface area contributed by atoms with Crippen molar-refractivity contribution in [2.75, 3.05) is 31.2 Å². The SMILES string of the molecule is C=N/C=C\C(C)=C(/C)C(O)c1ccc(F)c(-c2ncnc3cc(N4CCOCC4)ccc23)c1. The van der Waals surface area contributed by atoms with E-state index >= 15 is 0 Å². The van der Waals surface area contributed by atoms with Crippen molar-refractivity contribution in [1.29, 1.82) is 0 Å². The van der Waals surface area contributed by atoms with E-state index in [9.17, 15) is 9.50 Å². The standard InChI is InChI=1S/C26H27FN4O2/c1-17(8-9-28-3)18(2)26(32)19-4-7-23(27)22(14-19)25-21-6-5-20(15-24(21)29-16-30-25)31-10-12-33-13-11-31/h4-9,14-16,26,32H,3,10-13H2,1-2H3/b9-8-,18-17+. The van der Waals surface area contributed by atoms with Gasteiger partial charge in [0.05, 0.1) is 24.4 Å². The van der Waals surface area contributed by atoms with Gasteiger partial charge in [0.1, 0.15) is 18.2 Å². The van der Waals surface area contributed by atoms with Crippen molar-refractivity contribution in [2.24, 2.45) is 4.99 Å². The van der Waals surface area contributed by atoms with Crippen molar-refractivity contribution in [3.63, 3.8) is 0 Å². The van der Waals surface area contributed by atoms with Crippen molar-refractivity contribution >= 4 is 23.3 Å². The Morgan fingerprint density at radius 3 is 2.73 bits per heavy atom. The summed E-state index contributed by atoms with van der Waals surface area (Å²) < 4.78 is 20.4. The normalized spacial score (nSPS) is 16.2. The molecular weight excluding hydrogens is 419 g/mol. The molecule has 1 aliphatic heterocycles. The number of morpholine rings is 1. The quantitative estimate of drug-likeness (QED) is 0.433. The maximum Gasteiger partial charge on any atom is 0.132 e. The number of hydrogen-bond acceptors (Lipinski definition) is 6. The Kier molecular flexibility index (Phi) is 6.91. The molecule has 6 nitrogen and oxygen atoms in total. The topological polar surface area (TPSA) is 70.8 Å². The molecule has 1 aromatic heterocycles. The molecule has 1 unspecified atom stereocenters. The van der Waals surface area contributed by atoms with Crippen LogP contribution < -0.4 is 4.90 Å². The lowest BCUT2D eigenvalue weighted by Gasteiger charge is -2.29. The highest BCUT2D eigenvalue weighted by Gasteiger charge is 2.18. The van der Waals surface area contributed by atoms with E-state index in [0.717, 1.165) is 40.8 Å². The summed E-state index contributed by atoms with van der Waals surface area (Å²) in [6.07, 6.45) is 3.91. The molecule has 1 saturated heterocycles. The highest BCUT2D eigenvalue weighted by atomic mass is 19.1. The van der Waals surface area contributed by atoms with Crippen LogP contribution in [0.25, 0.3) is 22.2 Å². The molecule has 33 heavy (non-hydrogen) atoms. The Bertz CT molecular complexity index is 1230. The van der Waals surface area contributed by atoms with Crippen LogP contribution in [0, 0.1) is 5.82 Å². The minimum atomic E-state index is -0.889. The summed E-state index contributed by atoms with van der Waals surface area (Å²) in [4.78, 5) is 14.8. The van der Waals surface area contributed by atoms with E-state index in [1.54, 1.807) is 24.4 Å². The fraction of sp³-hybridized carbons (Fsp3) is 0.269. The molecule has 0 bridgehead atoms. The molecule has 3 aromatic rings. The second kappa shape index (κ2) is 10.0. The van der Waals surface area contributed by atoms with Crippen molar-refractivity contribution in [3.8, 4) is 11.3 Å². The van der Waals surface area contributed by atoms with Gasteiger partial charge in [0.15, 0.2) is 0 Å². The van der Waals surface area contributed by atoms with Gasteiger partial charge in [-0.25, -0.2) is 14.4 Å². The molecule has 0 aliphatic carbocycles. The lowest BCUT2D eigenvalue weighted by Crippen LogP contribution is -2.36. The number of allylic oxidation sites excluding steroid dienone is 2. The number of aliphatic hydroxyl groups is 1. The highest BCUT2D eigenvalue weighted by Crippen LogP contribution is 2.33. The average Bonchev–Trinajstić information content (AvgIpc) is 2.86. The minimum absolute atomic E-state index is 0.326. The maximum absolute atomic E-state index is 14.9. The molecule has 0 amide bonds. The molecule has 0 radical (unpaired) electrons. The van der Waals surface area contributed by atoms with E-state index in [2.05, 4.69) is 26.6 Å². The van der Waals surface area contributed by atoms with Crippen LogP contribution in [0.2, 0.25) is 0 Å². The Balaban J connectivity index is 1.73. The minimum Gasteiger partial charge on any atom is -0.384 e. The first kappa shape index (κ1) is 22.8. The predicted molar refractivity (Wildman–Crippen MR) is 130 cm³/mol. The Hall–Kier alpha value is -3.42. The highest BCUT2D eigenvalue weighted by molar-refractivity contribution is 5.94. The van der Waals surface area contributed by atoms with Crippen molar-refractivity contribution < 1.29 is 14.2 Å². The van der Waals surface area contributed by atoms with Gasteiger partial charge in [-0.1, -0.05) is 6.07 Å². The first-order chi connectivity index (χ1) is 16.0. The lowest BCUT2D eigenvalue weighted by molar-refractivity contribution is 0.122. The third-order valence-electron chi connectivity index (χ3n) is 6.02. The predicted octanol–water partition coefficient (Wildman–Crippen LogP) is 4.86. The van der Waals surface area contributed by atoms with Crippen LogP contribution in [-0.2, 0) is 4.74 Å². The van der Waals surface area contributed by atoms with Crippen LogP contribution in [0.3, 0.4) is 0 Å². The zero-order valence-electron chi connectivity index (χ0n) is 18.8. The Morgan fingerprint density at radius 1 is 1.18 bits per heavy atom. The van der Waals surface area contributed by atoms with Gasteiger partial charge in [0.25, 0.3) is 0 Å². The number of aromatic nitrogens is 2. The van der Waals surface area contributed by atoms with E-state index in [-0.39, 0.29) is 0 Å². The van der Waals surface area contributed by atoms with Crippen molar-refractivity contribution in [1.82, 2.24) is 9.97 Å². The number of ether oxygens (including phenoxy) is 1. The van der Waals surface area contributed by atoms with Gasteiger partial charge in [0, 0.05) is 35.9 Å². The van der Waals surface area contributed by atoms with Gasteiger partial charge in [-0.15, -0.1) is 0 Å². The Labute approximate surface area is 192 Å². The van der Waals surface area contributed by atoms with Gasteiger partial charge < -0.3 is 14.7 Å². The lowest BCUT2D eigenvalue weighted by atomic mass is 9.95. The summed E-state index contributed by atoms with van der Waals surface area (Å²) in [6, 6.07) is 10.6. The molecule has 1 N–H and O–H groups in total. The van der Waals surface area contributed by atoms with Crippen LogP contribution in [0.1, 0.15) is 25.5 Å². The van der Waals surface area contributed by atoms with E-state index < -0.39 is 11.9 Å². The zero-order valence-corrected chi connectivity index (χ0v) is 18.8. The molecule has 1 atom stereocenters. The number of aliphatic imine (C=N–C) groups is 1. The van der Waals surface area contributed by atoms with Gasteiger partial charge in [-0.3, -0.25) is 4.99 Å². The smallest absolute Gasteiger partial charge is 0.132 e. The van der Waals surface area contributed by atoms with Gasteiger partial charge in [-0.2, -0.15) is 0 Å². The molecule has 4 rings (SSSR count). The number of aliphatic hydroxyl groups excluding tert-OH is 1. The number of anilines is 1. The van der Waals surface area contributed by atoms with E-state index in [0.29, 0.717) is 30.0 Å². The fourth-order valence-electron chi connectivity index (χ4n) is 3.93. The molecule has 1 fully saturated rings. The first-order valence-electron chi connectivity index (χ1n) is 10.8. The van der Waals surface area contributed by atoms with Crippen molar-refractivity contribution in [2.45, 2.75) is 20.0 Å². The summed E-state index contributed by atoms with van der Waals surface area (Å²) in [5, 5.41) is 11.7. The molecule has 1 aliphatic rings. The molecule has 170 valence electrons.